The van der Waals surface area contributed by atoms with Crippen molar-refractivity contribution >= 4 is 31.9 Å². The van der Waals surface area contributed by atoms with Crippen molar-refractivity contribution in [2.45, 2.75) is 17.9 Å². The predicted molar refractivity (Wildman–Crippen MR) is 70.8 cm³/mol. The van der Waals surface area contributed by atoms with Gasteiger partial charge in [0.25, 0.3) is 0 Å². The van der Waals surface area contributed by atoms with E-state index in [0.717, 1.165) is 6.07 Å². The number of rotatable bonds is 5. The van der Waals surface area contributed by atoms with E-state index < -0.39 is 27.8 Å². The lowest BCUT2D eigenvalue weighted by atomic mass is 10.3. The Hall–Kier alpha value is -1.58. The van der Waals surface area contributed by atoms with Crippen molar-refractivity contribution in [1.82, 2.24) is 4.72 Å². The van der Waals surface area contributed by atoms with Gasteiger partial charge in [-0.05, 0) is 35.0 Å². The lowest BCUT2D eigenvalue weighted by Crippen LogP contribution is -2.26. The van der Waals surface area contributed by atoms with Gasteiger partial charge in [-0.3, -0.25) is 0 Å². The van der Waals surface area contributed by atoms with Gasteiger partial charge in [0.2, 0.25) is 15.8 Å². The van der Waals surface area contributed by atoms with E-state index in [1.54, 1.807) is 19.1 Å². The molecule has 7 nitrogen and oxygen atoms in total. The topological polar surface area (TPSA) is 110 Å². The number of carboxylic acid groups (broad SMARTS) is 1. The standard InChI is InChI=1S/C11H10BrNO6S/c1-6(7-3-2-4-18-7)13-20(16,17)9-5-8(11(14)15)19-10(9)12/h2-6,13H,1H3,(H,14,15). The Morgan fingerprint density at radius 3 is 2.70 bits per heavy atom. The molecule has 0 aliphatic carbocycles. The first-order chi connectivity index (χ1) is 9.31. The maximum Gasteiger partial charge on any atom is 0.371 e. The Balaban J connectivity index is 2.29. The second-order valence-electron chi connectivity index (χ2n) is 3.91. The molecule has 9 heteroatoms. The van der Waals surface area contributed by atoms with Gasteiger partial charge in [0, 0.05) is 6.07 Å². The third-order valence-electron chi connectivity index (χ3n) is 2.46. The largest absolute Gasteiger partial charge is 0.475 e. The maximum atomic E-state index is 12.2. The van der Waals surface area contributed by atoms with Gasteiger partial charge in [-0.25, -0.2) is 17.9 Å². The summed E-state index contributed by atoms with van der Waals surface area (Å²) in [5.41, 5.74) is 0. The van der Waals surface area contributed by atoms with Crippen LogP contribution in [0.3, 0.4) is 0 Å². The first-order valence-electron chi connectivity index (χ1n) is 5.39. The number of halogens is 1. The van der Waals surface area contributed by atoms with E-state index in [2.05, 4.69) is 20.7 Å². The quantitative estimate of drug-likeness (QED) is 0.843. The van der Waals surface area contributed by atoms with Gasteiger partial charge < -0.3 is 13.9 Å². The molecular formula is C11H10BrNO6S. The average Bonchev–Trinajstić information content (AvgIpc) is 2.96. The normalized spacial score (nSPS) is 13.3. The molecule has 0 fully saturated rings. The highest BCUT2D eigenvalue weighted by Gasteiger charge is 2.27. The molecule has 0 bridgehead atoms. The molecule has 2 N–H and O–H groups in total. The summed E-state index contributed by atoms with van der Waals surface area (Å²) >= 11 is 2.89. The van der Waals surface area contributed by atoms with Gasteiger partial charge >= 0.3 is 5.97 Å². The zero-order chi connectivity index (χ0) is 14.9. The van der Waals surface area contributed by atoms with Crippen molar-refractivity contribution in [3.05, 3.63) is 40.7 Å². The number of aromatic carboxylic acids is 1. The Morgan fingerprint density at radius 1 is 1.50 bits per heavy atom. The van der Waals surface area contributed by atoms with Gasteiger partial charge in [0.1, 0.15) is 10.7 Å². The summed E-state index contributed by atoms with van der Waals surface area (Å²) in [5, 5.41) is 8.78. The van der Waals surface area contributed by atoms with Crippen LogP contribution in [0.5, 0.6) is 0 Å². The number of hydrogen-bond acceptors (Lipinski definition) is 5. The third kappa shape index (κ3) is 2.94. The number of furan rings is 2. The SMILES string of the molecule is CC(NS(=O)(=O)c1cc(C(=O)O)oc1Br)c1ccco1. The van der Waals surface area contributed by atoms with Gasteiger partial charge in [-0.15, -0.1) is 0 Å². The van der Waals surface area contributed by atoms with Crippen molar-refractivity contribution in [2.24, 2.45) is 0 Å². The van der Waals surface area contributed by atoms with Crippen LogP contribution in [0.25, 0.3) is 0 Å². The zero-order valence-corrected chi connectivity index (χ0v) is 12.6. The molecule has 2 aromatic heterocycles. The van der Waals surface area contributed by atoms with Crippen LogP contribution in [0, 0.1) is 0 Å². The van der Waals surface area contributed by atoms with E-state index in [1.807, 2.05) is 0 Å². The van der Waals surface area contributed by atoms with E-state index >= 15 is 0 Å². The second kappa shape index (κ2) is 5.43. The average molecular weight is 364 g/mol. The Labute approximate surface area is 122 Å². The lowest BCUT2D eigenvalue weighted by Gasteiger charge is -2.10. The van der Waals surface area contributed by atoms with Gasteiger partial charge in [-0.1, -0.05) is 0 Å². The third-order valence-corrected chi connectivity index (χ3v) is 4.86. The molecule has 0 aliphatic heterocycles. The fraction of sp³-hybridized carbons (Fsp3) is 0.182. The van der Waals surface area contributed by atoms with Crippen LogP contribution >= 0.6 is 15.9 Å². The molecule has 108 valence electrons. The fourth-order valence-electron chi connectivity index (χ4n) is 1.53. The number of carbonyl (C=O) groups is 1. The predicted octanol–water partition coefficient (Wildman–Crippen LogP) is 2.37. The van der Waals surface area contributed by atoms with Gasteiger partial charge in [0.15, 0.2) is 4.67 Å². The molecule has 2 heterocycles. The smallest absolute Gasteiger partial charge is 0.371 e. The van der Waals surface area contributed by atoms with Crippen molar-refractivity contribution in [3.63, 3.8) is 0 Å². The molecule has 0 saturated carbocycles. The Kier molecular flexibility index (Phi) is 4.02. The molecule has 2 rings (SSSR count). The van der Waals surface area contributed by atoms with Crippen molar-refractivity contribution in [2.75, 3.05) is 0 Å². The highest BCUT2D eigenvalue weighted by molar-refractivity contribution is 9.10. The lowest BCUT2D eigenvalue weighted by molar-refractivity contribution is 0.0661. The minimum absolute atomic E-state index is 0.172. The van der Waals surface area contributed by atoms with Crippen molar-refractivity contribution in [3.8, 4) is 0 Å². The molecule has 0 aliphatic rings. The molecule has 20 heavy (non-hydrogen) atoms. The number of hydrogen-bond donors (Lipinski definition) is 2. The van der Waals surface area contributed by atoms with E-state index in [0.29, 0.717) is 5.76 Å². The minimum Gasteiger partial charge on any atom is -0.475 e. The van der Waals surface area contributed by atoms with E-state index in [4.69, 9.17) is 13.9 Å². The number of nitrogens with one attached hydrogen (secondary N) is 1. The summed E-state index contributed by atoms with van der Waals surface area (Å²) in [6.07, 6.45) is 1.43. The molecule has 0 aromatic carbocycles. The first kappa shape index (κ1) is 14.8. The van der Waals surface area contributed by atoms with Crippen LogP contribution in [-0.2, 0) is 10.0 Å². The minimum atomic E-state index is -3.94. The van der Waals surface area contributed by atoms with Crippen LogP contribution < -0.4 is 4.72 Å². The molecule has 1 unspecified atom stereocenters. The van der Waals surface area contributed by atoms with Crippen molar-refractivity contribution in [1.29, 1.82) is 0 Å². The van der Waals surface area contributed by atoms with E-state index in [1.165, 1.54) is 6.26 Å². The molecular weight excluding hydrogens is 354 g/mol. The van der Waals surface area contributed by atoms with Crippen LogP contribution in [0.15, 0.2) is 42.9 Å². The molecule has 1 atom stereocenters. The fourth-order valence-corrected chi connectivity index (χ4v) is 3.68. The molecule has 0 amide bonds. The van der Waals surface area contributed by atoms with Gasteiger partial charge in [0.05, 0.1) is 12.3 Å². The van der Waals surface area contributed by atoms with E-state index in [9.17, 15) is 13.2 Å². The zero-order valence-electron chi connectivity index (χ0n) is 10.2. The Bertz CT molecular complexity index is 718. The summed E-state index contributed by atoms with van der Waals surface area (Å²) in [7, 11) is -3.94. The molecule has 2 aromatic rings. The summed E-state index contributed by atoms with van der Waals surface area (Å²) in [4.78, 5) is 10.5. The van der Waals surface area contributed by atoms with Crippen LogP contribution in [0.1, 0.15) is 29.3 Å². The molecule has 0 spiro atoms. The Morgan fingerprint density at radius 2 is 2.20 bits per heavy atom. The van der Waals surface area contributed by atoms with Crippen LogP contribution in [0.4, 0.5) is 0 Å². The number of sulfonamides is 1. The number of carboxylic acids is 1. The van der Waals surface area contributed by atoms with Gasteiger partial charge in [-0.2, -0.15) is 0 Å². The summed E-state index contributed by atoms with van der Waals surface area (Å²) in [6.45, 7) is 1.60. The molecule has 0 saturated heterocycles. The highest BCUT2D eigenvalue weighted by Crippen LogP contribution is 2.27. The highest BCUT2D eigenvalue weighted by atomic mass is 79.9. The first-order valence-corrected chi connectivity index (χ1v) is 7.67. The van der Waals surface area contributed by atoms with Crippen LogP contribution in [0.2, 0.25) is 0 Å². The summed E-state index contributed by atoms with van der Waals surface area (Å²) in [6, 6.07) is 3.59. The van der Waals surface area contributed by atoms with E-state index in [-0.39, 0.29) is 9.56 Å². The van der Waals surface area contributed by atoms with Crippen molar-refractivity contribution < 1.29 is 27.2 Å². The monoisotopic (exact) mass is 363 g/mol. The summed E-state index contributed by atoms with van der Waals surface area (Å²) < 4.78 is 36.4. The second-order valence-corrected chi connectivity index (χ2v) is 6.31. The summed E-state index contributed by atoms with van der Waals surface area (Å²) in [5.74, 6) is -1.39. The molecule has 0 radical (unpaired) electrons. The van der Waals surface area contributed by atoms with Crippen LogP contribution in [-0.4, -0.2) is 19.5 Å². The maximum absolute atomic E-state index is 12.2.